The van der Waals surface area contributed by atoms with Crippen molar-refractivity contribution in [2.45, 2.75) is 25.7 Å². The standard InChI is InChI=1S/C17H20N4O/c22-17(14-6-5-9-18-12-14)20-16-8-7-15(13-19-16)21-10-3-1-2-4-11-21/h5-9,12-13H,1-4,10-11H2,(H,19,20,22). The van der Waals surface area contributed by atoms with Crippen LogP contribution in [0.25, 0.3) is 0 Å². The molecule has 0 unspecified atom stereocenters. The van der Waals surface area contributed by atoms with Crippen molar-refractivity contribution < 1.29 is 4.79 Å². The van der Waals surface area contributed by atoms with Gasteiger partial charge in [0.15, 0.2) is 0 Å². The number of nitrogens with zero attached hydrogens (tertiary/aromatic N) is 3. The van der Waals surface area contributed by atoms with E-state index in [9.17, 15) is 4.79 Å². The fourth-order valence-electron chi connectivity index (χ4n) is 2.66. The topological polar surface area (TPSA) is 58.1 Å². The van der Waals surface area contributed by atoms with Crippen LogP contribution in [0.5, 0.6) is 0 Å². The summed E-state index contributed by atoms with van der Waals surface area (Å²) in [4.78, 5) is 22.7. The third-order valence-corrected chi connectivity index (χ3v) is 3.88. The van der Waals surface area contributed by atoms with Crippen molar-refractivity contribution in [1.82, 2.24) is 9.97 Å². The second-order valence-electron chi connectivity index (χ2n) is 5.50. The number of hydrogen-bond acceptors (Lipinski definition) is 4. The highest BCUT2D eigenvalue weighted by Crippen LogP contribution is 2.20. The first-order valence-electron chi connectivity index (χ1n) is 7.75. The molecule has 0 saturated carbocycles. The van der Waals surface area contributed by atoms with Crippen LogP contribution in [0.15, 0.2) is 42.9 Å². The van der Waals surface area contributed by atoms with Gasteiger partial charge in [-0.15, -0.1) is 0 Å². The molecular weight excluding hydrogens is 276 g/mol. The van der Waals surface area contributed by atoms with E-state index < -0.39 is 0 Å². The zero-order chi connectivity index (χ0) is 15.2. The summed E-state index contributed by atoms with van der Waals surface area (Å²) < 4.78 is 0. The molecule has 5 heteroatoms. The number of aromatic nitrogens is 2. The molecule has 114 valence electrons. The fourth-order valence-corrected chi connectivity index (χ4v) is 2.66. The summed E-state index contributed by atoms with van der Waals surface area (Å²) in [6.45, 7) is 2.17. The Labute approximate surface area is 130 Å². The molecule has 0 aliphatic carbocycles. The van der Waals surface area contributed by atoms with Crippen molar-refractivity contribution in [2.75, 3.05) is 23.3 Å². The van der Waals surface area contributed by atoms with Crippen LogP contribution in [-0.2, 0) is 0 Å². The molecule has 1 saturated heterocycles. The average Bonchev–Trinajstić information content (AvgIpc) is 2.86. The summed E-state index contributed by atoms with van der Waals surface area (Å²) in [7, 11) is 0. The predicted molar refractivity (Wildman–Crippen MR) is 87.1 cm³/mol. The number of anilines is 2. The summed E-state index contributed by atoms with van der Waals surface area (Å²) in [5.41, 5.74) is 1.65. The van der Waals surface area contributed by atoms with E-state index >= 15 is 0 Å². The van der Waals surface area contributed by atoms with E-state index in [0.717, 1.165) is 18.8 Å². The van der Waals surface area contributed by atoms with Crippen LogP contribution in [0.3, 0.4) is 0 Å². The Morgan fingerprint density at radius 2 is 1.86 bits per heavy atom. The molecule has 3 heterocycles. The van der Waals surface area contributed by atoms with Gasteiger partial charge < -0.3 is 10.2 Å². The lowest BCUT2D eigenvalue weighted by atomic mass is 10.2. The maximum Gasteiger partial charge on any atom is 0.258 e. The minimum Gasteiger partial charge on any atom is -0.370 e. The van der Waals surface area contributed by atoms with Crippen molar-refractivity contribution >= 4 is 17.4 Å². The molecular formula is C17H20N4O. The summed E-state index contributed by atoms with van der Waals surface area (Å²) in [5.74, 6) is 0.371. The molecule has 1 amide bonds. The van der Waals surface area contributed by atoms with E-state index in [1.54, 1.807) is 24.5 Å². The van der Waals surface area contributed by atoms with Crippen LogP contribution in [0.1, 0.15) is 36.0 Å². The van der Waals surface area contributed by atoms with Crippen molar-refractivity contribution in [3.63, 3.8) is 0 Å². The predicted octanol–water partition coefficient (Wildman–Crippen LogP) is 3.11. The van der Waals surface area contributed by atoms with E-state index in [2.05, 4.69) is 20.2 Å². The maximum absolute atomic E-state index is 12.0. The molecule has 2 aromatic heterocycles. The van der Waals surface area contributed by atoms with Gasteiger partial charge in [0.2, 0.25) is 0 Å². The smallest absolute Gasteiger partial charge is 0.258 e. The quantitative estimate of drug-likeness (QED) is 0.945. The Morgan fingerprint density at radius 1 is 1.05 bits per heavy atom. The number of rotatable bonds is 3. The largest absolute Gasteiger partial charge is 0.370 e. The third kappa shape index (κ3) is 3.61. The Bertz CT molecular complexity index is 604. The lowest BCUT2D eigenvalue weighted by Gasteiger charge is -2.22. The van der Waals surface area contributed by atoms with Gasteiger partial charge in [-0.3, -0.25) is 9.78 Å². The molecule has 1 aliphatic rings. The molecule has 1 fully saturated rings. The SMILES string of the molecule is O=C(Nc1ccc(N2CCCCCC2)cn1)c1cccnc1. The first-order chi connectivity index (χ1) is 10.8. The summed E-state index contributed by atoms with van der Waals surface area (Å²) in [6.07, 6.45) is 10.1. The summed E-state index contributed by atoms with van der Waals surface area (Å²) >= 11 is 0. The fraction of sp³-hybridized carbons (Fsp3) is 0.353. The van der Waals surface area contributed by atoms with Crippen molar-refractivity contribution in [2.24, 2.45) is 0 Å². The van der Waals surface area contributed by atoms with Crippen LogP contribution < -0.4 is 10.2 Å². The highest BCUT2D eigenvalue weighted by Gasteiger charge is 2.11. The monoisotopic (exact) mass is 296 g/mol. The first-order valence-corrected chi connectivity index (χ1v) is 7.75. The van der Waals surface area contributed by atoms with E-state index in [-0.39, 0.29) is 5.91 Å². The zero-order valence-electron chi connectivity index (χ0n) is 12.5. The van der Waals surface area contributed by atoms with Gasteiger partial charge in [-0.1, -0.05) is 12.8 Å². The normalized spacial score (nSPS) is 15.2. The van der Waals surface area contributed by atoms with E-state index in [1.165, 1.54) is 25.7 Å². The van der Waals surface area contributed by atoms with Crippen LogP contribution in [0, 0.1) is 0 Å². The lowest BCUT2D eigenvalue weighted by molar-refractivity contribution is 0.102. The minimum atomic E-state index is -0.192. The molecule has 1 aliphatic heterocycles. The van der Waals surface area contributed by atoms with Crippen LogP contribution >= 0.6 is 0 Å². The Balaban J connectivity index is 1.65. The maximum atomic E-state index is 12.0. The van der Waals surface area contributed by atoms with Crippen molar-refractivity contribution in [1.29, 1.82) is 0 Å². The van der Waals surface area contributed by atoms with Crippen LogP contribution in [0.2, 0.25) is 0 Å². The molecule has 22 heavy (non-hydrogen) atoms. The van der Waals surface area contributed by atoms with E-state index in [4.69, 9.17) is 0 Å². The average molecular weight is 296 g/mol. The van der Waals surface area contributed by atoms with Gasteiger partial charge in [-0.05, 0) is 37.1 Å². The van der Waals surface area contributed by atoms with E-state index in [1.807, 2.05) is 18.3 Å². The molecule has 0 bridgehead atoms. The van der Waals surface area contributed by atoms with Gasteiger partial charge >= 0.3 is 0 Å². The Kier molecular flexibility index (Phi) is 4.63. The van der Waals surface area contributed by atoms with Crippen molar-refractivity contribution in [3.05, 3.63) is 48.4 Å². The molecule has 2 aromatic rings. The van der Waals surface area contributed by atoms with Crippen LogP contribution in [-0.4, -0.2) is 29.0 Å². The number of carbonyl (C=O) groups is 1. The molecule has 0 spiro atoms. The number of hydrogen-bond donors (Lipinski definition) is 1. The van der Waals surface area contributed by atoms with Gasteiger partial charge in [0.05, 0.1) is 17.4 Å². The zero-order valence-corrected chi connectivity index (χ0v) is 12.5. The van der Waals surface area contributed by atoms with Gasteiger partial charge in [0, 0.05) is 25.5 Å². The number of carbonyl (C=O) groups excluding carboxylic acids is 1. The molecule has 5 nitrogen and oxygen atoms in total. The highest BCUT2D eigenvalue weighted by molar-refractivity contribution is 6.03. The second kappa shape index (κ2) is 7.02. The Morgan fingerprint density at radius 3 is 2.50 bits per heavy atom. The minimum absolute atomic E-state index is 0.192. The molecule has 0 atom stereocenters. The number of amides is 1. The van der Waals surface area contributed by atoms with Crippen LogP contribution in [0.4, 0.5) is 11.5 Å². The number of nitrogens with one attached hydrogen (secondary N) is 1. The van der Waals surface area contributed by atoms with Gasteiger partial charge in [-0.2, -0.15) is 0 Å². The van der Waals surface area contributed by atoms with Crippen molar-refractivity contribution in [3.8, 4) is 0 Å². The molecule has 0 radical (unpaired) electrons. The Hall–Kier alpha value is -2.43. The van der Waals surface area contributed by atoms with E-state index in [0.29, 0.717) is 11.4 Å². The molecule has 3 rings (SSSR count). The third-order valence-electron chi connectivity index (χ3n) is 3.88. The van der Waals surface area contributed by atoms with Gasteiger partial charge in [-0.25, -0.2) is 4.98 Å². The first kappa shape index (κ1) is 14.5. The summed E-state index contributed by atoms with van der Waals surface area (Å²) in [6, 6.07) is 7.35. The number of pyridine rings is 2. The van der Waals surface area contributed by atoms with Gasteiger partial charge in [0.25, 0.3) is 5.91 Å². The lowest BCUT2D eigenvalue weighted by Crippen LogP contribution is -2.24. The summed E-state index contributed by atoms with van der Waals surface area (Å²) in [5, 5.41) is 2.79. The molecule has 1 N–H and O–H groups in total. The highest BCUT2D eigenvalue weighted by atomic mass is 16.1. The van der Waals surface area contributed by atoms with Gasteiger partial charge in [0.1, 0.15) is 5.82 Å². The second-order valence-corrected chi connectivity index (χ2v) is 5.50. The molecule has 0 aromatic carbocycles.